The van der Waals surface area contributed by atoms with E-state index in [0.717, 1.165) is 37.0 Å². The molecule has 0 bridgehead atoms. The van der Waals surface area contributed by atoms with Crippen LogP contribution in [0.25, 0.3) is 0 Å². The van der Waals surface area contributed by atoms with E-state index in [-0.39, 0.29) is 18.3 Å². The number of benzene rings is 2. The van der Waals surface area contributed by atoms with E-state index in [1.165, 1.54) is 19.3 Å². The van der Waals surface area contributed by atoms with Gasteiger partial charge in [0.1, 0.15) is 11.5 Å². The van der Waals surface area contributed by atoms with Crippen LogP contribution in [0.15, 0.2) is 54.6 Å². The standard InChI is InChI=1S/C22H29N3O2.ClH/c1-23-13-10-18-11-14-25(15-12-18)17-22(26)24-19-6-5-9-21(16-19)27-20-7-3-2-4-8-20;/h2-9,16,18,23H,10-15,17H2,1H3,(H,24,26);1H. The molecule has 6 heteroatoms. The van der Waals surface area contributed by atoms with Crippen molar-refractivity contribution in [3.8, 4) is 11.5 Å². The van der Waals surface area contributed by atoms with Gasteiger partial charge in [-0.05, 0) is 76.1 Å². The summed E-state index contributed by atoms with van der Waals surface area (Å²) in [4.78, 5) is 14.6. The van der Waals surface area contributed by atoms with E-state index < -0.39 is 0 Å². The summed E-state index contributed by atoms with van der Waals surface area (Å²) in [5.41, 5.74) is 0.761. The maximum atomic E-state index is 12.4. The first-order chi connectivity index (χ1) is 13.2. The van der Waals surface area contributed by atoms with Crippen molar-refractivity contribution in [2.24, 2.45) is 5.92 Å². The van der Waals surface area contributed by atoms with Gasteiger partial charge < -0.3 is 15.4 Å². The molecular weight excluding hydrogens is 374 g/mol. The van der Waals surface area contributed by atoms with Crippen molar-refractivity contribution in [2.45, 2.75) is 19.3 Å². The Bertz CT molecular complexity index is 719. The third-order valence-corrected chi connectivity index (χ3v) is 4.97. The van der Waals surface area contributed by atoms with Gasteiger partial charge in [0.2, 0.25) is 5.91 Å². The average Bonchev–Trinajstić information content (AvgIpc) is 2.68. The molecule has 1 aliphatic heterocycles. The Balaban J connectivity index is 0.00000280. The first-order valence-electron chi connectivity index (χ1n) is 9.72. The highest BCUT2D eigenvalue weighted by Crippen LogP contribution is 2.24. The third kappa shape index (κ3) is 7.15. The molecule has 0 aromatic heterocycles. The summed E-state index contributed by atoms with van der Waals surface area (Å²) in [5, 5.41) is 6.21. The van der Waals surface area contributed by atoms with Gasteiger partial charge >= 0.3 is 0 Å². The molecule has 0 unspecified atom stereocenters. The number of para-hydroxylation sites is 1. The van der Waals surface area contributed by atoms with Crippen LogP contribution >= 0.6 is 12.4 Å². The molecule has 5 nitrogen and oxygen atoms in total. The van der Waals surface area contributed by atoms with Crippen LogP contribution in [0.2, 0.25) is 0 Å². The number of likely N-dealkylation sites (tertiary alicyclic amines) is 1. The first-order valence-corrected chi connectivity index (χ1v) is 9.72. The van der Waals surface area contributed by atoms with Gasteiger partial charge in [0.15, 0.2) is 0 Å². The van der Waals surface area contributed by atoms with Crippen molar-refractivity contribution in [3.63, 3.8) is 0 Å². The highest BCUT2D eigenvalue weighted by molar-refractivity contribution is 5.92. The van der Waals surface area contributed by atoms with Crippen LogP contribution in [0.4, 0.5) is 5.69 Å². The summed E-state index contributed by atoms with van der Waals surface area (Å²) in [6, 6.07) is 17.2. The summed E-state index contributed by atoms with van der Waals surface area (Å²) >= 11 is 0. The summed E-state index contributed by atoms with van der Waals surface area (Å²) < 4.78 is 5.83. The minimum atomic E-state index is 0. The zero-order valence-electron chi connectivity index (χ0n) is 16.4. The predicted octanol–water partition coefficient (Wildman–Crippen LogP) is 4.16. The second kappa shape index (κ2) is 11.7. The van der Waals surface area contributed by atoms with E-state index in [1.54, 1.807) is 0 Å². The Morgan fingerprint density at radius 1 is 1.07 bits per heavy atom. The zero-order chi connectivity index (χ0) is 18.9. The fraction of sp³-hybridized carbons (Fsp3) is 0.409. The van der Waals surface area contributed by atoms with Crippen LogP contribution in [0, 0.1) is 5.92 Å². The number of rotatable bonds is 8. The molecule has 152 valence electrons. The molecular formula is C22H30ClN3O2. The summed E-state index contributed by atoms with van der Waals surface area (Å²) in [6.07, 6.45) is 3.58. The third-order valence-electron chi connectivity index (χ3n) is 4.97. The second-order valence-corrected chi connectivity index (χ2v) is 7.10. The lowest BCUT2D eigenvalue weighted by atomic mass is 9.93. The summed E-state index contributed by atoms with van der Waals surface area (Å²) in [5.74, 6) is 2.30. The number of carbonyl (C=O) groups excluding carboxylic acids is 1. The Labute approximate surface area is 173 Å². The molecule has 1 heterocycles. The maximum absolute atomic E-state index is 12.4. The molecule has 1 saturated heterocycles. The van der Waals surface area contributed by atoms with Crippen molar-refractivity contribution in [3.05, 3.63) is 54.6 Å². The fourth-order valence-corrected chi connectivity index (χ4v) is 3.45. The molecule has 2 aromatic rings. The fourth-order valence-electron chi connectivity index (χ4n) is 3.45. The second-order valence-electron chi connectivity index (χ2n) is 7.10. The average molecular weight is 404 g/mol. The Kier molecular flexibility index (Phi) is 9.28. The van der Waals surface area contributed by atoms with Crippen molar-refractivity contribution < 1.29 is 9.53 Å². The van der Waals surface area contributed by atoms with Crippen LogP contribution in [0.3, 0.4) is 0 Å². The van der Waals surface area contributed by atoms with E-state index in [4.69, 9.17) is 4.74 Å². The van der Waals surface area contributed by atoms with Gasteiger partial charge in [-0.3, -0.25) is 9.69 Å². The minimum absolute atomic E-state index is 0. The highest BCUT2D eigenvalue weighted by atomic mass is 35.5. The predicted molar refractivity (Wildman–Crippen MR) is 117 cm³/mol. The molecule has 3 rings (SSSR count). The van der Waals surface area contributed by atoms with Crippen molar-refractivity contribution in [1.29, 1.82) is 0 Å². The molecule has 0 spiro atoms. The van der Waals surface area contributed by atoms with Crippen molar-refractivity contribution in [2.75, 3.05) is 38.5 Å². The number of piperidine rings is 1. The number of halogens is 1. The largest absolute Gasteiger partial charge is 0.457 e. The van der Waals surface area contributed by atoms with Crippen LogP contribution in [0.1, 0.15) is 19.3 Å². The summed E-state index contributed by atoms with van der Waals surface area (Å²) in [6.45, 7) is 3.52. The monoisotopic (exact) mass is 403 g/mol. The van der Waals surface area contributed by atoms with E-state index in [1.807, 2.05) is 61.6 Å². The lowest BCUT2D eigenvalue weighted by molar-refractivity contribution is -0.117. The van der Waals surface area contributed by atoms with E-state index in [0.29, 0.717) is 12.3 Å². The quantitative estimate of drug-likeness (QED) is 0.694. The molecule has 0 aliphatic carbocycles. The molecule has 0 saturated carbocycles. The maximum Gasteiger partial charge on any atom is 0.238 e. The van der Waals surface area contributed by atoms with Crippen molar-refractivity contribution in [1.82, 2.24) is 10.2 Å². The number of hydrogen-bond donors (Lipinski definition) is 2. The molecule has 2 N–H and O–H groups in total. The highest BCUT2D eigenvalue weighted by Gasteiger charge is 2.20. The summed E-state index contributed by atoms with van der Waals surface area (Å²) in [7, 11) is 2.00. The van der Waals surface area contributed by atoms with Crippen LogP contribution < -0.4 is 15.4 Å². The number of nitrogens with zero attached hydrogens (tertiary/aromatic N) is 1. The molecule has 28 heavy (non-hydrogen) atoms. The smallest absolute Gasteiger partial charge is 0.238 e. The number of hydrogen-bond acceptors (Lipinski definition) is 4. The van der Waals surface area contributed by atoms with Gasteiger partial charge in [-0.1, -0.05) is 24.3 Å². The Morgan fingerprint density at radius 2 is 1.79 bits per heavy atom. The first kappa shape index (κ1) is 22.2. The molecule has 2 aromatic carbocycles. The number of nitrogens with one attached hydrogen (secondary N) is 2. The SMILES string of the molecule is CNCCC1CCN(CC(=O)Nc2cccc(Oc3ccccc3)c2)CC1.Cl. The minimum Gasteiger partial charge on any atom is -0.457 e. The van der Waals surface area contributed by atoms with Crippen LogP contribution in [-0.4, -0.2) is 44.0 Å². The van der Waals surface area contributed by atoms with Gasteiger partial charge in [-0.15, -0.1) is 12.4 Å². The van der Waals surface area contributed by atoms with Gasteiger partial charge in [0.25, 0.3) is 0 Å². The lowest BCUT2D eigenvalue weighted by Crippen LogP contribution is -2.39. The molecule has 1 aliphatic rings. The molecule has 1 amide bonds. The van der Waals surface area contributed by atoms with Crippen molar-refractivity contribution >= 4 is 24.0 Å². The molecule has 0 radical (unpaired) electrons. The van der Waals surface area contributed by atoms with Crippen LogP contribution in [-0.2, 0) is 4.79 Å². The molecule has 1 fully saturated rings. The zero-order valence-corrected chi connectivity index (χ0v) is 17.2. The molecule has 0 atom stereocenters. The topological polar surface area (TPSA) is 53.6 Å². The lowest BCUT2D eigenvalue weighted by Gasteiger charge is -2.31. The number of anilines is 1. The number of carbonyl (C=O) groups is 1. The Hall–Kier alpha value is -2.08. The number of amides is 1. The van der Waals surface area contributed by atoms with Crippen LogP contribution in [0.5, 0.6) is 11.5 Å². The number of ether oxygens (including phenoxy) is 1. The van der Waals surface area contributed by atoms with E-state index in [2.05, 4.69) is 15.5 Å². The van der Waals surface area contributed by atoms with Gasteiger partial charge in [0, 0.05) is 11.8 Å². The van der Waals surface area contributed by atoms with E-state index in [9.17, 15) is 4.79 Å². The van der Waals surface area contributed by atoms with Gasteiger partial charge in [-0.2, -0.15) is 0 Å². The normalized spacial score (nSPS) is 14.9. The van der Waals surface area contributed by atoms with Gasteiger partial charge in [0.05, 0.1) is 6.54 Å². The Morgan fingerprint density at radius 3 is 2.50 bits per heavy atom. The van der Waals surface area contributed by atoms with E-state index >= 15 is 0 Å². The van der Waals surface area contributed by atoms with Gasteiger partial charge in [-0.25, -0.2) is 0 Å².